The van der Waals surface area contributed by atoms with Gasteiger partial charge in [-0.1, -0.05) is 0 Å². The molecule has 0 spiro atoms. The van der Waals surface area contributed by atoms with Gasteiger partial charge < -0.3 is 24.3 Å². The number of carbonyl (C=O) groups excluding carboxylic acids is 2. The molecule has 30 heavy (non-hydrogen) atoms. The third kappa shape index (κ3) is 5.32. The summed E-state index contributed by atoms with van der Waals surface area (Å²) in [4.78, 5) is 32.6. The molecule has 0 radical (unpaired) electrons. The lowest BCUT2D eigenvalue weighted by atomic mass is 10.2. The lowest BCUT2D eigenvalue weighted by Gasteiger charge is -2.35. The predicted octanol–water partition coefficient (Wildman–Crippen LogP) is 1.54. The zero-order chi connectivity index (χ0) is 21.0. The van der Waals surface area contributed by atoms with Crippen molar-refractivity contribution in [3.63, 3.8) is 0 Å². The molecule has 1 aliphatic rings. The average Bonchev–Trinajstić information content (AvgIpc) is 3.29. The van der Waals surface area contributed by atoms with Crippen molar-refractivity contribution in [2.75, 3.05) is 38.2 Å². The van der Waals surface area contributed by atoms with Gasteiger partial charge in [0, 0.05) is 32.9 Å². The minimum atomic E-state index is -0.439. The smallest absolute Gasteiger partial charge is 0.341 e. The van der Waals surface area contributed by atoms with Crippen LogP contribution in [-0.4, -0.2) is 65.8 Å². The summed E-state index contributed by atoms with van der Waals surface area (Å²) in [6, 6.07) is 1.64. The summed E-state index contributed by atoms with van der Waals surface area (Å²) in [6.45, 7) is 5.98. The number of piperazine rings is 1. The maximum atomic E-state index is 12.6. The Balaban J connectivity index is 0.00000320. The molecule has 0 unspecified atom stereocenters. The van der Waals surface area contributed by atoms with Crippen LogP contribution in [0.25, 0.3) is 0 Å². The van der Waals surface area contributed by atoms with Gasteiger partial charge in [0.2, 0.25) is 5.91 Å². The Morgan fingerprint density at radius 3 is 2.77 bits per heavy atom. The van der Waals surface area contributed by atoms with Gasteiger partial charge in [0.25, 0.3) is 0 Å². The fourth-order valence-corrected chi connectivity index (χ4v) is 3.19. The van der Waals surface area contributed by atoms with E-state index in [2.05, 4.69) is 15.4 Å². The van der Waals surface area contributed by atoms with Gasteiger partial charge in [0.05, 0.1) is 19.0 Å². The number of nitrogens with one attached hydrogen (secondary N) is 1. The number of nitrogens with zero attached hydrogens (tertiary/aromatic N) is 5. The van der Waals surface area contributed by atoms with E-state index in [-0.39, 0.29) is 43.0 Å². The number of hydrogen-bond acceptors (Lipinski definition) is 6. The summed E-state index contributed by atoms with van der Waals surface area (Å²) in [7, 11) is 3.15. The highest BCUT2D eigenvalue weighted by atomic mass is 127. The summed E-state index contributed by atoms with van der Waals surface area (Å²) in [5.74, 6) is 1.22. The maximum absolute atomic E-state index is 12.6. The fraction of sp³-hybridized carbons (Fsp3) is 0.474. The van der Waals surface area contributed by atoms with Crippen LogP contribution < -0.4 is 10.2 Å². The molecule has 164 valence electrons. The molecule has 0 atom stereocenters. The van der Waals surface area contributed by atoms with Crippen LogP contribution in [-0.2, 0) is 23.1 Å². The highest BCUT2D eigenvalue weighted by Crippen LogP contribution is 2.18. The Morgan fingerprint density at radius 2 is 2.17 bits per heavy atom. The standard InChI is InChI=1S/C19H26N6O4.HI/c1-5-20-19(21-10-15-8-16(13(2)29-15)18(27)28-4)24-6-7-25(17(26)12-24)14-9-22-23(3)11-14;/h8-9,11H,5-7,10,12H2,1-4H3,(H,20,21);1H. The molecular weight excluding hydrogens is 503 g/mol. The van der Waals surface area contributed by atoms with Crippen LogP contribution in [0.15, 0.2) is 27.9 Å². The number of ether oxygens (including phenoxy) is 1. The fourth-order valence-electron chi connectivity index (χ4n) is 3.19. The first-order valence-electron chi connectivity index (χ1n) is 9.42. The number of aromatic nitrogens is 2. The van der Waals surface area contributed by atoms with E-state index in [1.54, 1.807) is 28.8 Å². The third-order valence-electron chi connectivity index (χ3n) is 4.62. The Labute approximate surface area is 192 Å². The normalized spacial score (nSPS) is 14.5. The van der Waals surface area contributed by atoms with Crippen molar-refractivity contribution in [1.82, 2.24) is 20.0 Å². The number of amides is 1. The van der Waals surface area contributed by atoms with Crippen molar-refractivity contribution in [3.05, 3.63) is 35.5 Å². The molecule has 1 aliphatic heterocycles. The van der Waals surface area contributed by atoms with Crippen LogP contribution in [0.1, 0.15) is 28.8 Å². The molecule has 10 nitrogen and oxygen atoms in total. The lowest BCUT2D eigenvalue weighted by Crippen LogP contribution is -2.55. The topological polar surface area (TPSA) is 105 Å². The van der Waals surface area contributed by atoms with E-state index in [1.165, 1.54) is 7.11 Å². The molecule has 1 saturated heterocycles. The first kappa shape index (κ1) is 23.7. The van der Waals surface area contributed by atoms with Crippen LogP contribution in [0, 0.1) is 6.92 Å². The molecule has 1 amide bonds. The average molecular weight is 530 g/mol. The number of aryl methyl sites for hydroxylation is 2. The molecule has 2 aromatic heterocycles. The number of methoxy groups -OCH3 is 1. The van der Waals surface area contributed by atoms with Gasteiger partial charge in [-0.05, 0) is 19.9 Å². The van der Waals surface area contributed by atoms with E-state index in [0.29, 0.717) is 42.7 Å². The van der Waals surface area contributed by atoms with Crippen molar-refractivity contribution >= 4 is 47.5 Å². The largest absolute Gasteiger partial charge is 0.465 e. The Kier molecular flexibility index (Phi) is 8.26. The number of guanidine groups is 1. The predicted molar refractivity (Wildman–Crippen MR) is 122 cm³/mol. The van der Waals surface area contributed by atoms with Gasteiger partial charge in [-0.2, -0.15) is 5.10 Å². The summed E-state index contributed by atoms with van der Waals surface area (Å²) in [5.41, 5.74) is 1.18. The molecule has 1 N–H and O–H groups in total. The number of aliphatic imine (C=N–C) groups is 1. The van der Waals surface area contributed by atoms with Gasteiger partial charge in [0.15, 0.2) is 5.96 Å². The Bertz CT molecular complexity index is 922. The highest BCUT2D eigenvalue weighted by molar-refractivity contribution is 14.0. The minimum absolute atomic E-state index is 0. The second kappa shape index (κ2) is 10.5. The van der Waals surface area contributed by atoms with Crippen molar-refractivity contribution in [2.24, 2.45) is 12.0 Å². The van der Waals surface area contributed by atoms with E-state index in [9.17, 15) is 9.59 Å². The molecule has 1 fully saturated rings. The van der Waals surface area contributed by atoms with Crippen LogP contribution in [0.2, 0.25) is 0 Å². The summed E-state index contributed by atoms with van der Waals surface area (Å²) in [5, 5.41) is 7.34. The number of halogens is 1. The molecule has 3 rings (SSSR count). The van der Waals surface area contributed by atoms with Gasteiger partial charge in [-0.25, -0.2) is 9.79 Å². The third-order valence-corrected chi connectivity index (χ3v) is 4.62. The lowest BCUT2D eigenvalue weighted by molar-refractivity contribution is -0.120. The van der Waals surface area contributed by atoms with E-state index in [1.807, 2.05) is 25.1 Å². The number of hydrogen-bond donors (Lipinski definition) is 1. The zero-order valence-corrected chi connectivity index (χ0v) is 19.9. The molecule has 3 heterocycles. The number of anilines is 1. The highest BCUT2D eigenvalue weighted by Gasteiger charge is 2.27. The molecule has 0 bridgehead atoms. The van der Waals surface area contributed by atoms with Crippen molar-refractivity contribution in [1.29, 1.82) is 0 Å². The van der Waals surface area contributed by atoms with Crippen molar-refractivity contribution < 1.29 is 18.7 Å². The number of carbonyl (C=O) groups is 2. The van der Waals surface area contributed by atoms with Crippen LogP contribution in [0.5, 0.6) is 0 Å². The molecule has 11 heteroatoms. The van der Waals surface area contributed by atoms with Crippen LogP contribution in [0.4, 0.5) is 5.69 Å². The van der Waals surface area contributed by atoms with Gasteiger partial charge in [-0.3, -0.25) is 9.48 Å². The first-order valence-corrected chi connectivity index (χ1v) is 9.42. The maximum Gasteiger partial charge on any atom is 0.341 e. The second-order valence-electron chi connectivity index (χ2n) is 6.68. The number of rotatable bonds is 5. The van der Waals surface area contributed by atoms with Crippen LogP contribution >= 0.6 is 24.0 Å². The molecule has 0 saturated carbocycles. The van der Waals surface area contributed by atoms with E-state index >= 15 is 0 Å². The molecular formula is C19H27IN6O4. The SMILES string of the molecule is CCNC(=NCc1cc(C(=O)OC)c(C)o1)N1CCN(c2cnn(C)c2)C(=O)C1.I. The first-order chi connectivity index (χ1) is 13.9. The van der Waals surface area contributed by atoms with Crippen molar-refractivity contribution in [2.45, 2.75) is 20.4 Å². The van der Waals surface area contributed by atoms with Crippen LogP contribution in [0.3, 0.4) is 0 Å². The molecule has 0 aliphatic carbocycles. The Morgan fingerprint density at radius 1 is 1.40 bits per heavy atom. The minimum Gasteiger partial charge on any atom is -0.465 e. The van der Waals surface area contributed by atoms with Gasteiger partial charge in [-0.15, -0.1) is 24.0 Å². The summed E-state index contributed by atoms with van der Waals surface area (Å²) >= 11 is 0. The van der Waals surface area contributed by atoms with E-state index in [0.717, 1.165) is 5.69 Å². The van der Waals surface area contributed by atoms with Gasteiger partial charge >= 0.3 is 5.97 Å². The summed E-state index contributed by atoms with van der Waals surface area (Å²) in [6.07, 6.45) is 3.51. The number of esters is 1. The monoisotopic (exact) mass is 530 g/mol. The van der Waals surface area contributed by atoms with Crippen molar-refractivity contribution in [3.8, 4) is 0 Å². The number of furan rings is 1. The second-order valence-corrected chi connectivity index (χ2v) is 6.68. The van der Waals surface area contributed by atoms with E-state index in [4.69, 9.17) is 9.15 Å². The van der Waals surface area contributed by atoms with Gasteiger partial charge in [0.1, 0.15) is 30.2 Å². The molecule has 0 aromatic carbocycles. The van der Waals surface area contributed by atoms with E-state index < -0.39 is 5.97 Å². The zero-order valence-electron chi connectivity index (χ0n) is 17.5. The Hall–Kier alpha value is -2.57. The molecule has 2 aromatic rings. The quantitative estimate of drug-likeness (QED) is 0.271. The summed E-state index contributed by atoms with van der Waals surface area (Å²) < 4.78 is 12.0.